The maximum absolute atomic E-state index is 10.6. The van der Waals surface area contributed by atoms with Crippen LogP contribution in [0, 0.1) is 3.57 Å². The summed E-state index contributed by atoms with van der Waals surface area (Å²) in [4.78, 5) is 10.6. The molecule has 1 aromatic carbocycles. The summed E-state index contributed by atoms with van der Waals surface area (Å²) in [5, 5.41) is 3.02. The fourth-order valence-corrected chi connectivity index (χ4v) is 1.15. The number of benzene rings is 1. The first-order chi connectivity index (χ1) is 5.68. The summed E-state index contributed by atoms with van der Waals surface area (Å²) in [5.74, 6) is 0.147. The number of nitrogens with one attached hydrogen (secondary N) is 1. The Kier molecular flexibility index (Phi) is 3.52. The van der Waals surface area contributed by atoms with Crippen LogP contribution in [0.25, 0.3) is 0 Å². The number of carbonyl (C=O) groups is 1. The van der Waals surface area contributed by atoms with Crippen LogP contribution in [0.15, 0.2) is 24.3 Å². The molecule has 0 aliphatic heterocycles. The van der Waals surface area contributed by atoms with Crippen molar-refractivity contribution in [2.24, 2.45) is 0 Å². The molecule has 0 amide bonds. The predicted molar refractivity (Wildman–Crippen MR) is 58.3 cm³/mol. The highest BCUT2D eigenvalue weighted by molar-refractivity contribution is 14.1. The Morgan fingerprint density at radius 2 is 2.00 bits per heavy atom. The fraction of sp³-hybridized carbons (Fsp3) is 0.222. The zero-order valence-electron chi connectivity index (χ0n) is 6.80. The summed E-state index contributed by atoms with van der Waals surface area (Å²) in [6.45, 7) is 1.97. The van der Waals surface area contributed by atoms with Gasteiger partial charge in [-0.2, -0.15) is 0 Å². The molecule has 64 valence electrons. The summed E-state index contributed by atoms with van der Waals surface area (Å²) in [6.07, 6.45) is 0. The summed E-state index contributed by atoms with van der Waals surface area (Å²) < 4.78 is 1.20. The minimum Gasteiger partial charge on any atom is -0.378 e. The van der Waals surface area contributed by atoms with Gasteiger partial charge in [0.05, 0.1) is 6.54 Å². The van der Waals surface area contributed by atoms with E-state index in [-0.39, 0.29) is 5.78 Å². The molecule has 0 heterocycles. The van der Waals surface area contributed by atoms with E-state index in [4.69, 9.17) is 0 Å². The van der Waals surface area contributed by atoms with Gasteiger partial charge in [-0.25, -0.2) is 0 Å². The molecular formula is C9H10INO. The maximum atomic E-state index is 10.6. The quantitative estimate of drug-likeness (QED) is 0.857. The van der Waals surface area contributed by atoms with Gasteiger partial charge in [-0.3, -0.25) is 4.79 Å². The Morgan fingerprint density at radius 1 is 1.42 bits per heavy atom. The number of ketones is 1. The number of rotatable bonds is 3. The molecule has 0 aromatic heterocycles. The van der Waals surface area contributed by atoms with E-state index in [9.17, 15) is 4.79 Å². The second-order valence-corrected chi connectivity index (χ2v) is 3.81. The van der Waals surface area contributed by atoms with Crippen molar-refractivity contribution in [2.45, 2.75) is 6.92 Å². The van der Waals surface area contributed by atoms with Crippen LogP contribution in [0.4, 0.5) is 5.69 Å². The molecule has 3 heteroatoms. The van der Waals surface area contributed by atoms with E-state index in [0.717, 1.165) is 5.69 Å². The zero-order chi connectivity index (χ0) is 8.97. The highest BCUT2D eigenvalue weighted by Crippen LogP contribution is 2.10. The minimum absolute atomic E-state index is 0.147. The van der Waals surface area contributed by atoms with E-state index in [2.05, 4.69) is 27.9 Å². The summed E-state index contributed by atoms with van der Waals surface area (Å²) in [7, 11) is 0. The van der Waals surface area contributed by atoms with Crippen LogP contribution in [0.2, 0.25) is 0 Å². The standard InChI is InChI=1S/C9H10INO/c1-7(12)6-11-9-4-2-8(10)3-5-9/h2-5,11H,6H2,1H3. The molecule has 2 nitrogen and oxygen atoms in total. The molecule has 1 rings (SSSR count). The van der Waals surface area contributed by atoms with Crippen molar-refractivity contribution in [3.8, 4) is 0 Å². The minimum atomic E-state index is 0.147. The number of hydrogen-bond acceptors (Lipinski definition) is 2. The predicted octanol–water partition coefficient (Wildman–Crippen LogP) is 2.29. The molecule has 0 atom stereocenters. The molecule has 0 unspecified atom stereocenters. The molecule has 0 saturated heterocycles. The molecule has 0 fully saturated rings. The highest BCUT2D eigenvalue weighted by Gasteiger charge is 1.93. The second-order valence-electron chi connectivity index (χ2n) is 2.56. The number of halogens is 1. The van der Waals surface area contributed by atoms with Crippen molar-refractivity contribution in [3.05, 3.63) is 27.8 Å². The highest BCUT2D eigenvalue weighted by atomic mass is 127. The van der Waals surface area contributed by atoms with Gasteiger partial charge >= 0.3 is 0 Å². The van der Waals surface area contributed by atoms with Gasteiger partial charge in [0, 0.05) is 9.26 Å². The Labute approximate surface area is 85.5 Å². The maximum Gasteiger partial charge on any atom is 0.148 e. The van der Waals surface area contributed by atoms with Gasteiger partial charge < -0.3 is 5.32 Å². The van der Waals surface area contributed by atoms with Gasteiger partial charge in [0.25, 0.3) is 0 Å². The first-order valence-electron chi connectivity index (χ1n) is 3.67. The van der Waals surface area contributed by atoms with Gasteiger partial charge in [0.2, 0.25) is 0 Å². The molecule has 1 N–H and O–H groups in total. The van der Waals surface area contributed by atoms with Gasteiger partial charge in [-0.1, -0.05) is 0 Å². The summed E-state index contributed by atoms with van der Waals surface area (Å²) in [6, 6.07) is 7.93. The van der Waals surface area contributed by atoms with E-state index in [1.54, 1.807) is 6.92 Å². The van der Waals surface area contributed by atoms with Crippen LogP contribution in [0.5, 0.6) is 0 Å². The largest absolute Gasteiger partial charge is 0.378 e. The molecule has 0 aliphatic rings. The van der Waals surface area contributed by atoms with Crippen LogP contribution in [0.1, 0.15) is 6.92 Å². The van der Waals surface area contributed by atoms with Gasteiger partial charge in [0.1, 0.15) is 5.78 Å². The number of Topliss-reactive ketones (excluding diaryl/α,β-unsaturated/α-hetero) is 1. The number of hydrogen-bond donors (Lipinski definition) is 1. The van der Waals surface area contributed by atoms with Crippen molar-refractivity contribution in [3.63, 3.8) is 0 Å². The molecule has 0 saturated carbocycles. The lowest BCUT2D eigenvalue weighted by atomic mass is 10.3. The Hall–Kier alpha value is -0.580. The molecule has 1 aromatic rings. The van der Waals surface area contributed by atoms with E-state index in [0.29, 0.717) is 6.54 Å². The lowest BCUT2D eigenvalue weighted by molar-refractivity contribution is -0.115. The van der Waals surface area contributed by atoms with Crippen LogP contribution in [-0.4, -0.2) is 12.3 Å². The fourth-order valence-electron chi connectivity index (χ4n) is 0.794. The van der Waals surface area contributed by atoms with Crippen molar-refractivity contribution >= 4 is 34.1 Å². The summed E-state index contributed by atoms with van der Waals surface area (Å²) in [5.41, 5.74) is 0.991. The monoisotopic (exact) mass is 275 g/mol. The van der Waals surface area contributed by atoms with Crippen LogP contribution in [-0.2, 0) is 4.79 Å². The van der Waals surface area contributed by atoms with Crippen LogP contribution in [0.3, 0.4) is 0 Å². The summed E-state index contributed by atoms with van der Waals surface area (Å²) >= 11 is 2.24. The van der Waals surface area contributed by atoms with E-state index in [1.165, 1.54) is 3.57 Å². The molecule has 0 radical (unpaired) electrons. The third-order valence-electron chi connectivity index (χ3n) is 1.39. The van der Waals surface area contributed by atoms with E-state index >= 15 is 0 Å². The number of carbonyl (C=O) groups excluding carboxylic acids is 1. The first kappa shape index (κ1) is 9.51. The van der Waals surface area contributed by atoms with Crippen LogP contribution >= 0.6 is 22.6 Å². The molecule has 0 bridgehead atoms. The molecule has 12 heavy (non-hydrogen) atoms. The zero-order valence-corrected chi connectivity index (χ0v) is 8.96. The third-order valence-corrected chi connectivity index (χ3v) is 2.10. The van der Waals surface area contributed by atoms with Crippen molar-refractivity contribution in [2.75, 3.05) is 11.9 Å². The molecule has 0 aliphatic carbocycles. The normalized spacial score (nSPS) is 9.50. The topological polar surface area (TPSA) is 29.1 Å². The molecular weight excluding hydrogens is 265 g/mol. The van der Waals surface area contributed by atoms with Crippen LogP contribution < -0.4 is 5.32 Å². The Morgan fingerprint density at radius 3 is 2.50 bits per heavy atom. The molecule has 0 spiro atoms. The van der Waals surface area contributed by atoms with Crippen molar-refractivity contribution in [1.82, 2.24) is 0 Å². The lowest BCUT2D eigenvalue weighted by Gasteiger charge is -2.02. The Balaban J connectivity index is 2.53. The van der Waals surface area contributed by atoms with E-state index < -0.39 is 0 Å². The average Bonchev–Trinajstić information content (AvgIpc) is 2.03. The second kappa shape index (κ2) is 4.45. The third kappa shape index (κ3) is 3.21. The lowest BCUT2D eigenvalue weighted by Crippen LogP contribution is -2.09. The van der Waals surface area contributed by atoms with Gasteiger partial charge in [0.15, 0.2) is 0 Å². The average molecular weight is 275 g/mol. The van der Waals surface area contributed by atoms with E-state index in [1.807, 2.05) is 24.3 Å². The Bertz CT molecular complexity index is 268. The first-order valence-corrected chi connectivity index (χ1v) is 4.75. The van der Waals surface area contributed by atoms with Gasteiger partial charge in [-0.15, -0.1) is 0 Å². The van der Waals surface area contributed by atoms with Gasteiger partial charge in [-0.05, 0) is 53.8 Å². The van der Waals surface area contributed by atoms with Crippen molar-refractivity contribution in [1.29, 1.82) is 0 Å². The smallest absolute Gasteiger partial charge is 0.148 e. The SMILES string of the molecule is CC(=O)CNc1ccc(I)cc1. The van der Waals surface area contributed by atoms with Crippen molar-refractivity contribution < 1.29 is 4.79 Å². The number of anilines is 1.